The number of aromatic nitrogens is 3. The number of fused-ring (bicyclic) bond motifs is 1. The number of rotatable bonds is 7. The average molecular weight is 579 g/mol. The predicted octanol–water partition coefficient (Wildman–Crippen LogP) is 5.22. The summed E-state index contributed by atoms with van der Waals surface area (Å²) in [6.45, 7) is 3.57. The number of likely N-dealkylation sites (N-methyl/N-ethyl adjacent to an activating group) is 1. The van der Waals surface area contributed by atoms with Crippen molar-refractivity contribution >= 4 is 40.4 Å². The lowest BCUT2D eigenvalue weighted by Gasteiger charge is -2.26. The third kappa shape index (κ3) is 7.30. The lowest BCUT2D eigenvalue weighted by Crippen LogP contribution is -2.35. The highest BCUT2D eigenvalue weighted by Gasteiger charge is 2.32. The number of nitrogens with zero attached hydrogens (tertiary/aromatic N) is 5. The number of ether oxygens (including phenoxy) is 1. The monoisotopic (exact) mass is 578 g/mol. The number of anilines is 1. The first-order chi connectivity index (χ1) is 18.9. The van der Waals surface area contributed by atoms with Gasteiger partial charge in [-0.25, -0.2) is 9.97 Å². The van der Waals surface area contributed by atoms with Crippen LogP contribution in [0.1, 0.15) is 41.2 Å². The highest BCUT2D eigenvalue weighted by molar-refractivity contribution is 6.30. The molecule has 0 unspecified atom stereocenters. The minimum Gasteiger partial charge on any atom is -0.388 e. The summed E-state index contributed by atoms with van der Waals surface area (Å²) in [5.41, 5.74) is 2.18. The molecule has 0 bridgehead atoms. The summed E-state index contributed by atoms with van der Waals surface area (Å²) in [5, 5.41) is 2.40. The topological polar surface area (TPSA) is 92.6 Å². The predicted molar refractivity (Wildman–Crippen MR) is 146 cm³/mol. The number of carbonyl (C=O) groups excluding carboxylic acids is 2. The maximum Gasteiger partial charge on any atom is 0.574 e. The number of alkyl halides is 3. The van der Waals surface area contributed by atoms with Crippen LogP contribution in [0.15, 0.2) is 42.5 Å². The quantitative estimate of drug-likeness (QED) is 0.305. The first kappa shape index (κ1) is 29.3. The molecular formula is C27H30ClF3N6O3. The van der Waals surface area contributed by atoms with Gasteiger partial charge in [0.25, 0.3) is 5.91 Å². The highest BCUT2D eigenvalue weighted by atomic mass is 35.5. The Morgan fingerprint density at radius 3 is 2.73 bits per heavy atom. The molecule has 1 N–H and O–H groups in total. The fraction of sp³-hybridized carbons (Fsp3) is 0.407. The van der Waals surface area contributed by atoms with Gasteiger partial charge in [-0.15, -0.1) is 13.2 Å². The number of aryl methyl sites for hydroxylation is 1. The number of imidazole rings is 1. The van der Waals surface area contributed by atoms with Gasteiger partial charge in [0.1, 0.15) is 5.15 Å². The SMILES string of the molecule is Cc1cccc2nc(NC(=O)c3cc(Cl)nc(OC(F)(F)F)c3)n([C@@H]3CCCCN(C(=O)C=CCN(C)C)C3)c12. The molecule has 1 aliphatic heterocycles. The lowest BCUT2D eigenvalue weighted by atomic mass is 10.1. The van der Waals surface area contributed by atoms with Crippen molar-refractivity contribution in [1.82, 2.24) is 24.3 Å². The molecule has 1 fully saturated rings. The number of hydrogen-bond donors (Lipinski definition) is 1. The summed E-state index contributed by atoms with van der Waals surface area (Å²) in [4.78, 5) is 38.1. The van der Waals surface area contributed by atoms with E-state index in [0.717, 1.165) is 42.5 Å². The summed E-state index contributed by atoms with van der Waals surface area (Å²) in [6.07, 6.45) is 0.818. The lowest BCUT2D eigenvalue weighted by molar-refractivity contribution is -0.276. The van der Waals surface area contributed by atoms with Gasteiger partial charge in [-0.3, -0.25) is 14.9 Å². The minimum atomic E-state index is -5.00. The van der Waals surface area contributed by atoms with E-state index in [2.05, 4.69) is 20.0 Å². The van der Waals surface area contributed by atoms with Crippen LogP contribution in [-0.2, 0) is 4.79 Å². The number of para-hydroxylation sites is 1. The van der Waals surface area contributed by atoms with Crippen LogP contribution in [0.25, 0.3) is 11.0 Å². The zero-order chi connectivity index (χ0) is 29.0. The van der Waals surface area contributed by atoms with Gasteiger partial charge < -0.3 is 19.1 Å². The van der Waals surface area contributed by atoms with Crippen molar-refractivity contribution in [2.24, 2.45) is 0 Å². The van der Waals surface area contributed by atoms with Crippen molar-refractivity contribution in [3.8, 4) is 5.88 Å². The molecule has 3 heterocycles. The molecule has 2 amide bonds. The van der Waals surface area contributed by atoms with E-state index in [0.29, 0.717) is 25.2 Å². The molecule has 0 aliphatic carbocycles. The van der Waals surface area contributed by atoms with Crippen molar-refractivity contribution in [3.63, 3.8) is 0 Å². The molecule has 1 saturated heterocycles. The van der Waals surface area contributed by atoms with E-state index in [1.165, 1.54) is 0 Å². The third-order valence-electron chi connectivity index (χ3n) is 6.44. The Labute approximate surface area is 234 Å². The van der Waals surface area contributed by atoms with Gasteiger partial charge in [0, 0.05) is 37.3 Å². The number of nitrogens with one attached hydrogen (secondary N) is 1. The molecule has 3 aromatic rings. The number of hydrogen-bond acceptors (Lipinski definition) is 6. The summed E-state index contributed by atoms with van der Waals surface area (Å²) < 4.78 is 44.0. The fourth-order valence-electron chi connectivity index (χ4n) is 4.71. The Hall–Kier alpha value is -3.64. The summed E-state index contributed by atoms with van der Waals surface area (Å²) in [7, 11) is 3.84. The molecule has 1 aromatic carbocycles. The van der Waals surface area contributed by atoms with Crippen molar-refractivity contribution in [3.05, 3.63) is 58.8 Å². The summed E-state index contributed by atoms with van der Waals surface area (Å²) >= 11 is 5.88. The Kier molecular flexibility index (Phi) is 8.99. The van der Waals surface area contributed by atoms with E-state index in [-0.39, 0.29) is 28.6 Å². The van der Waals surface area contributed by atoms with Crippen LogP contribution in [0.3, 0.4) is 0 Å². The fourth-order valence-corrected chi connectivity index (χ4v) is 4.91. The number of carbonyl (C=O) groups is 2. The zero-order valence-electron chi connectivity index (χ0n) is 22.3. The molecule has 0 spiro atoms. The van der Waals surface area contributed by atoms with Crippen molar-refractivity contribution in [2.45, 2.75) is 38.6 Å². The molecule has 1 aliphatic rings. The van der Waals surface area contributed by atoms with Gasteiger partial charge in [-0.2, -0.15) is 0 Å². The maximum atomic E-state index is 13.2. The van der Waals surface area contributed by atoms with Crippen LogP contribution in [0.2, 0.25) is 5.15 Å². The van der Waals surface area contributed by atoms with E-state index in [1.54, 1.807) is 11.0 Å². The second-order valence-corrected chi connectivity index (χ2v) is 10.3. The number of pyridine rings is 1. The Balaban J connectivity index is 1.67. The largest absolute Gasteiger partial charge is 0.574 e. The molecule has 40 heavy (non-hydrogen) atoms. The van der Waals surface area contributed by atoms with Crippen molar-refractivity contribution in [1.29, 1.82) is 0 Å². The smallest absolute Gasteiger partial charge is 0.388 e. The summed E-state index contributed by atoms with van der Waals surface area (Å²) in [5.74, 6) is -1.47. The molecular weight excluding hydrogens is 549 g/mol. The van der Waals surface area contributed by atoms with E-state index in [9.17, 15) is 22.8 Å². The second kappa shape index (κ2) is 12.3. The van der Waals surface area contributed by atoms with Gasteiger partial charge >= 0.3 is 6.36 Å². The maximum absolute atomic E-state index is 13.2. The number of amides is 2. The van der Waals surface area contributed by atoms with Gasteiger partial charge in [-0.1, -0.05) is 29.8 Å². The van der Waals surface area contributed by atoms with Crippen LogP contribution in [-0.4, -0.2) is 76.2 Å². The molecule has 13 heteroatoms. The Bertz CT molecular complexity index is 1420. The summed E-state index contributed by atoms with van der Waals surface area (Å²) in [6, 6.07) is 7.39. The van der Waals surface area contributed by atoms with Gasteiger partial charge in [0.2, 0.25) is 17.7 Å². The van der Waals surface area contributed by atoms with Gasteiger partial charge in [0.15, 0.2) is 0 Å². The molecule has 1 atom stereocenters. The van der Waals surface area contributed by atoms with Crippen LogP contribution in [0.5, 0.6) is 5.88 Å². The van der Waals surface area contributed by atoms with E-state index in [1.807, 2.05) is 54.8 Å². The number of halogens is 4. The van der Waals surface area contributed by atoms with Crippen LogP contribution >= 0.6 is 11.6 Å². The van der Waals surface area contributed by atoms with Crippen molar-refractivity contribution in [2.75, 3.05) is 39.0 Å². The first-order valence-electron chi connectivity index (χ1n) is 12.7. The van der Waals surface area contributed by atoms with Crippen molar-refractivity contribution < 1.29 is 27.5 Å². The second-order valence-electron chi connectivity index (χ2n) is 9.87. The van der Waals surface area contributed by atoms with Gasteiger partial charge in [-0.05, 0) is 58.0 Å². The van der Waals surface area contributed by atoms with E-state index < -0.39 is 18.1 Å². The Morgan fingerprint density at radius 2 is 2.00 bits per heavy atom. The first-order valence-corrected chi connectivity index (χ1v) is 13.1. The number of benzene rings is 1. The standard InChI is InChI=1S/C27H30ClF3N6O3/c1-17-8-6-10-20-24(17)37(19-9-4-5-13-36(16-19)23(38)11-7-12-35(2)3)26(32-20)34-25(39)18-14-21(28)33-22(15-18)40-27(29,30)31/h6-8,10-11,14-15,19H,4-5,9,12-13,16H2,1-3H3,(H,32,34,39)/t19-/m1/s1. The van der Waals surface area contributed by atoms with E-state index >= 15 is 0 Å². The molecule has 9 nitrogen and oxygen atoms in total. The third-order valence-corrected chi connectivity index (χ3v) is 6.64. The zero-order valence-corrected chi connectivity index (χ0v) is 23.1. The Morgan fingerprint density at radius 1 is 1.23 bits per heavy atom. The van der Waals surface area contributed by atoms with Crippen LogP contribution < -0.4 is 10.1 Å². The normalized spacial score (nSPS) is 16.5. The molecule has 0 radical (unpaired) electrons. The van der Waals surface area contributed by atoms with Crippen LogP contribution in [0, 0.1) is 6.92 Å². The average Bonchev–Trinajstić information content (AvgIpc) is 3.04. The molecule has 0 saturated carbocycles. The minimum absolute atomic E-state index is 0.0934. The van der Waals surface area contributed by atoms with Crippen LogP contribution in [0.4, 0.5) is 19.1 Å². The van der Waals surface area contributed by atoms with Gasteiger partial charge in [0.05, 0.1) is 17.1 Å². The van der Waals surface area contributed by atoms with E-state index in [4.69, 9.17) is 11.6 Å². The number of likely N-dealkylation sites (tertiary alicyclic amines) is 1. The molecule has 214 valence electrons. The highest BCUT2D eigenvalue weighted by Crippen LogP contribution is 2.32. The molecule has 2 aromatic heterocycles. The molecule has 4 rings (SSSR count).